The maximum absolute atomic E-state index is 12.6. The van der Waals surface area contributed by atoms with Gasteiger partial charge in [-0.3, -0.25) is 4.79 Å². The van der Waals surface area contributed by atoms with Crippen molar-refractivity contribution in [2.75, 3.05) is 31.6 Å². The van der Waals surface area contributed by atoms with Crippen LogP contribution in [0.5, 0.6) is 0 Å². The maximum atomic E-state index is 12.6. The summed E-state index contributed by atoms with van der Waals surface area (Å²) in [5, 5.41) is 3.57. The number of thiophene rings is 1. The molecule has 0 bridgehead atoms. The minimum Gasteiger partial charge on any atom is -0.462 e. The third-order valence-corrected chi connectivity index (χ3v) is 5.94. The Morgan fingerprint density at radius 3 is 2.67 bits per heavy atom. The Morgan fingerprint density at radius 2 is 2.04 bits per heavy atom. The van der Waals surface area contributed by atoms with Gasteiger partial charge in [0.1, 0.15) is 5.00 Å². The summed E-state index contributed by atoms with van der Waals surface area (Å²) in [6, 6.07) is 0. The fraction of sp³-hybridized carbons (Fsp3) is 0.700. The van der Waals surface area contributed by atoms with Gasteiger partial charge in [0.05, 0.1) is 37.5 Å². The van der Waals surface area contributed by atoms with Crippen LogP contribution in [0.25, 0.3) is 0 Å². The van der Waals surface area contributed by atoms with Crippen LogP contribution in [-0.4, -0.2) is 43.7 Å². The highest BCUT2D eigenvalue weighted by atomic mass is 32.1. The average molecular weight is 398 g/mol. The van der Waals surface area contributed by atoms with Crippen LogP contribution < -0.4 is 10.2 Å². The number of quaternary nitrogens is 1. The predicted octanol–water partition coefficient (Wildman–Crippen LogP) is 2.42. The lowest BCUT2D eigenvalue weighted by molar-refractivity contribution is -0.890. The van der Waals surface area contributed by atoms with Crippen molar-refractivity contribution < 1.29 is 24.0 Å². The molecule has 0 saturated heterocycles. The summed E-state index contributed by atoms with van der Waals surface area (Å²) in [5.74, 6) is -0.430. The minimum atomic E-state index is -0.367. The second-order valence-corrected chi connectivity index (χ2v) is 8.69. The number of nitrogens with one attached hydrogen (secondary N) is 2. The quantitative estimate of drug-likeness (QED) is 0.628. The Balaban J connectivity index is 2.21. The molecule has 2 N–H and O–H groups in total. The van der Waals surface area contributed by atoms with Crippen molar-refractivity contribution in [2.45, 2.75) is 66.1 Å². The monoisotopic (exact) mass is 397 g/mol. The number of carbonyl (C=O) groups is 2. The first kappa shape index (κ1) is 21.9. The number of likely N-dealkylation sites (N-methyl/N-ethyl adjacent to an activating group) is 1. The molecule has 152 valence electrons. The van der Waals surface area contributed by atoms with Crippen molar-refractivity contribution in [3.05, 3.63) is 16.0 Å². The van der Waals surface area contributed by atoms with Crippen LogP contribution in [0.2, 0.25) is 0 Å². The zero-order valence-electron chi connectivity index (χ0n) is 17.2. The van der Waals surface area contributed by atoms with Crippen molar-refractivity contribution in [1.29, 1.82) is 0 Å². The highest BCUT2D eigenvalue weighted by Crippen LogP contribution is 2.40. The molecule has 0 saturated carbocycles. The molecule has 6 nitrogen and oxygen atoms in total. The standard InChI is InChI=1S/C20H32N2O4S/c1-6-9-10-22(7-2)12-16(23)21-18-17(19(24)25-8-3)14-11-20(4,5)26-13-15(14)27-18/h6-13H2,1-5H3,(H,21,23)/p+1. The van der Waals surface area contributed by atoms with Gasteiger partial charge < -0.3 is 19.7 Å². The van der Waals surface area contributed by atoms with Crippen LogP contribution in [0.15, 0.2) is 0 Å². The van der Waals surface area contributed by atoms with Crippen LogP contribution in [0.1, 0.15) is 68.3 Å². The number of ether oxygens (including phenoxy) is 2. The molecule has 1 aliphatic heterocycles. The lowest BCUT2D eigenvalue weighted by Gasteiger charge is -2.30. The first-order valence-electron chi connectivity index (χ1n) is 9.90. The van der Waals surface area contributed by atoms with Gasteiger partial charge in [-0.15, -0.1) is 11.3 Å². The van der Waals surface area contributed by atoms with Gasteiger partial charge in [-0.25, -0.2) is 4.79 Å². The highest BCUT2D eigenvalue weighted by Gasteiger charge is 2.34. The molecular weight excluding hydrogens is 364 g/mol. The summed E-state index contributed by atoms with van der Waals surface area (Å²) in [7, 11) is 0. The van der Waals surface area contributed by atoms with Crippen molar-refractivity contribution >= 4 is 28.2 Å². The maximum Gasteiger partial charge on any atom is 0.341 e. The number of rotatable bonds is 9. The third kappa shape index (κ3) is 5.77. The summed E-state index contributed by atoms with van der Waals surface area (Å²) < 4.78 is 11.1. The van der Waals surface area contributed by atoms with E-state index >= 15 is 0 Å². The van der Waals surface area contributed by atoms with E-state index in [1.165, 1.54) is 16.2 Å². The van der Waals surface area contributed by atoms with Gasteiger partial charge in [0, 0.05) is 11.3 Å². The predicted molar refractivity (Wildman–Crippen MR) is 108 cm³/mol. The number of unbranched alkanes of at least 4 members (excludes halogenated alkanes) is 1. The lowest BCUT2D eigenvalue weighted by Crippen LogP contribution is -3.12. The van der Waals surface area contributed by atoms with Gasteiger partial charge in [0.15, 0.2) is 6.54 Å². The Morgan fingerprint density at radius 1 is 1.30 bits per heavy atom. The van der Waals surface area contributed by atoms with Gasteiger partial charge in [0.25, 0.3) is 5.91 Å². The molecule has 0 radical (unpaired) electrons. The Kier molecular flexibility index (Phi) is 7.82. The smallest absolute Gasteiger partial charge is 0.341 e. The molecule has 2 heterocycles. The number of hydrogen-bond donors (Lipinski definition) is 2. The summed E-state index contributed by atoms with van der Waals surface area (Å²) in [5.41, 5.74) is 1.13. The number of hydrogen-bond acceptors (Lipinski definition) is 5. The molecule has 1 aromatic heterocycles. The van der Waals surface area contributed by atoms with E-state index in [2.05, 4.69) is 19.2 Å². The summed E-state index contributed by atoms with van der Waals surface area (Å²) >= 11 is 1.43. The summed E-state index contributed by atoms with van der Waals surface area (Å²) in [4.78, 5) is 27.5. The second kappa shape index (κ2) is 9.66. The van der Waals surface area contributed by atoms with Crippen LogP contribution in [0, 0.1) is 0 Å². The normalized spacial score (nSPS) is 16.5. The molecule has 2 rings (SSSR count). The van der Waals surface area contributed by atoms with E-state index in [0.29, 0.717) is 36.7 Å². The van der Waals surface area contributed by atoms with E-state index in [0.717, 1.165) is 36.4 Å². The van der Waals surface area contributed by atoms with Gasteiger partial charge in [0.2, 0.25) is 0 Å². The van der Waals surface area contributed by atoms with Crippen molar-refractivity contribution in [3.63, 3.8) is 0 Å². The van der Waals surface area contributed by atoms with E-state index in [4.69, 9.17) is 9.47 Å². The van der Waals surface area contributed by atoms with Crippen LogP contribution in [0.4, 0.5) is 5.00 Å². The zero-order chi connectivity index (χ0) is 20.0. The molecule has 0 fully saturated rings. The first-order valence-corrected chi connectivity index (χ1v) is 10.7. The van der Waals surface area contributed by atoms with E-state index in [-0.39, 0.29) is 17.5 Å². The van der Waals surface area contributed by atoms with Gasteiger partial charge >= 0.3 is 5.97 Å². The van der Waals surface area contributed by atoms with Crippen molar-refractivity contribution in [1.82, 2.24) is 0 Å². The molecule has 0 aliphatic carbocycles. The molecule has 1 unspecified atom stereocenters. The minimum absolute atomic E-state index is 0.0627. The fourth-order valence-electron chi connectivity index (χ4n) is 3.28. The van der Waals surface area contributed by atoms with Gasteiger partial charge in [-0.1, -0.05) is 13.3 Å². The average Bonchev–Trinajstić information content (AvgIpc) is 2.94. The SMILES string of the molecule is CCCC[NH+](CC)CC(=O)Nc1sc2c(c1C(=O)OCC)CC(C)(C)OC2. The second-order valence-electron chi connectivity index (χ2n) is 7.59. The van der Waals surface area contributed by atoms with Crippen LogP contribution in [-0.2, 0) is 27.3 Å². The Hall–Kier alpha value is -1.44. The topological polar surface area (TPSA) is 69.1 Å². The molecular formula is C20H33N2O4S+. The Bertz CT molecular complexity index is 669. The molecule has 1 atom stereocenters. The fourth-order valence-corrected chi connectivity index (χ4v) is 4.41. The number of amides is 1. The third-order valence-electron chi connectivity index (χ3n) is 4.81. The van der Waals surface area contributed by atoms with E-state index in [1.54, 1.807) is 6.92 Å². The Labute approximate surface area is 166 Å². The van der Waals surface area contributed by atoms with Crippen LogP contribution >= 0.6 is 11.3 Å². The highest BCUT2D eigenvalue weighted by molar-refractivity contribution is 7.17. The molecule has 0 spiro atoms. The molecule has 1 amide bonds. The van der Waals surface area contributed by atoms with E-state index in [1.807, 2.05) is 13.8 Å². The number of fused-ring (bicyclic) bond motifs is 1. The number of carbonyl (C=O) groups excluding carboxylic acids is 2. The van der Waals surface area contributed by atoms with Gasteiger partial charge in [-0.05, 0) is 39.7 Å². The number of anilines is 1. The molecule has 1 aromatic rings. The summed E-state index contributed by atoms with van der Waals surface area (Å²) in [6.45, 7) is 13.1. The largest absolute Gasteiger partial charge is 0.462 e. The van der Waals surface area contributed by atoms with Crippen molar-refractivity contribution in [2.24, 2.45) is 0 Å². The lowest BCUT2D eigenvalue weighted by atomic mass is 9.93. The molecule has 27 heavy (non-hydrogen) atoms. The molecule has 1 aliphatic rings. The zero-order valence-corrected chi connectivity index (χ0v) is 18.0. The van der Waals surface area contributed by atoms with E-state index < -0.39 is 0 Å². The first-order chi connectivity index (χ1) is 12.8. The number of esters is 1. The van der Waals surface area contributed by atoms with Crippen molar-refractivity contribution in [3.8, 4) is 0 Å². The molecule has 7 heteroatoms. The molecule has 0 aromatic carbocycles. The van der Waals surface area contributed by atoms with Crippen LogP contribution in [0.3, 0.4) is 0 Å². The van der Waals surface area contributed by atoms with Gasteiger partial charge in [-0.2, -0.15) is 0 Å². The van der Waals surface area contributed by atoms with E-state index in [9.17, 15) is 9.59 Å². The summed E-state index contributed by atoms with van der Waals surface area (Å²) in [6.07, 6.45) is 2.85.